The Labute approximate surface area is 102 Å². The van der Waals surface area contributed by atoms with Gasteiger partial charge in [0.25, 0.3) is 0 Å². The fourth-order valence-corrected chi connectivity index (χ4v) is 1.57. The van der Waals surface area contributed by atoms with Crippen LogP contribution in [0.25, 0.3) is 22.2 Å². The molecule has 0 fully saturated rings. The van der Waals surface area contributed by atoms with Crippen LogP contribution < -0.4 is 0 Å². The highest BCUT2D eigenvalue weighted by Gasteiger charge is 1.90. The van der Waals surface area contributed by atoms with Crippen molar-refractivity contribution in [2.24, 2.45) is 0 Å². The molecule has 0 amide bonds. The lowest BCUT2D eigenvalue weighted by Crippen LogP contribution is -1.74. The van der Waals surface area contributed by atoms with Gasteiger partial charge in [-0.2, -0.15) is 0 Å². The van der Waals surface area contributed by atoms with Crippen molar-refractivity contribution in [1.29, 1.82) is 0 Å². The van der Waals surface area contributed by atoms with E-state index in [-0.39, 0.29) is 0 Å². The van der Waals surface area contributed by atoms with Crippen molar-refractivity contribution >= 4 is 22.2 Å². The molecule has 0 unspecified atom stereocenters. The number of nitrogens with one attached hydrogen (secondary N) is 2. The molecule has 4 rings (SSSR count). The van der Waals surface area contributed by atoms with E-state index in [1.165, 1.54) is 6.33 Å². The SMILES string of the molecule is c1cnc2nc[nH]c2c1.c1ncc2[nH]ccc2n1. The first-order valence-corrected chi connectivity index (χ1v) is 5.41. The van der Waals surface area contributed by atoms with E-state index in [2.05, 4.69) is 29.9 Å². The fourth-order valence-electron chi connectivity index (χ4n) is 1.57. The number of imidazole rings is 1. The van der Waals surface area contributed by atoms with Gasteiger partial charge < -0.3 is 9.97 Å². The second-order valence-electron chi connectivity index (χ2n) is 3.58. The second kappa shape index (κ2) is 4.62. The summed E-state index contributed by atoms with van der Waals surface area (Å²) in [6.45, 7) is 0. The van der Waals surface area contributed by atoms with Crippen LogP contribution in [0.2, 0.25) is 0 Å². The molecule has 88 valence electrons. The van der Waals surface area contributed by atoms with Crippen molar-refractivity contribution in [2.45, 2.75) is 0 Å². The Morgan fingerprint density at radius 3 is 2.83 bits per heavy atom. The third-order valence-electron chi connectivity index (χ3n) is 2.42. The summed E-state index contributed by atoms with van der Waals surface area (Å²) in [5.41, 5.74) is 3.71. The average molecular weight is 238 g/mol. The molecule has 0 aliphatic heterocycles. The Kier molecular flexibility index (Phi) is 2.67. The molecule has 4 heterocycles. The van der Waals surface area contributed by atoms with Crippen LogP contribution in [-0.2, 0) is 0 Å². The van der Waals surface area contributed by atoms with Gasteiger partial charge in [-0.15, -0.1) is 0 Å². The van der Waals surface area contributed by atoms with Crippen molar-refractivity contribution < 1.29 is 0 Å². The van der Waals surface area contributed by atoms with Crippen LogP contribution in [0.3, 0.4) is 0 Å². The number of H-pyrrole nitrogens is 2. The number of aromatic amines is 2. The molecule has 0 spiro atoms. The summed E-state index contributed by atoms with van der Waals surface area (Å²) in [5, 5.41) is 0. The third kappa shape index (κ3) is 2.03. The molecule has 6 heteroatoms. The van der Waals surface area contributed by atoms with Gasteiger partial charge >= 0.3 is 0 Å². The van der Waals surface area contributed by atoms with Crippen LogP contribution in [0.5, 0.6) is 0 Å². The number of nitrogens with zero attached hydrogens (tertiary/aromatic N) is 4. The van der Waals surface area contributed by atoms with Crippen LogP contribution >= 0.6 is 0 Å². The maximum absolute atomic E-state index is 4.00. The molecule has 0 aromatic carbocycles. The molecule has 6 nitrogen and oxygen atoms in total. The quantitative estimate of drug-likeness (QED) is 0.490. The summed E-state index contributed by atoms with van der Waals surface area (Å²) < 4.78 is 0. The van der Waals surface area contributed by atoms with Crippen molar-refractivity contribution in [2.75, 3.05) is 0 Å². The van der Waals surface area contributed by atoms with Gasteiger partial charge in [0.1, 0.15) is 6.33 Å². The monoisotopic (exact) mass is 238 g/mol. The van der Waals surface area contributed by atoms with Crippen LogP contribution in [0.4, 0.5) is 0 Å². The average Bonchev–Trinajstić information content (AvgIpc) is 3.08. The predicted octanol–water partition coefficient (Wildman–Crippen LogP) is 1.92. The molecular formula is C12H10N6. The van der Waals surface area contributed by atoms with Gasteiger partial charge in [-0.05, 0) is 18.2 Å². The van der Waals surface area contributed by atoms with Crippen molar-refractivity contribution in [1.82, 2.24) is 29.9 Å². The van der Waals surface area contributed by atoms with Gasteiger partial charge in [0.2, 0.25) is 0 Å². The minimum absolute atomic E-state index is 0.775. The maximum Gasteiger partial charge on any atom is 0.177 e. The molecule has 4 aromatic heterocycles. The van der Waals surface area contributed by atoms with Crippen molar-refractivity contribution in [3.8, 4) is 0 Å². The van der Waals surface area contributed by atoms with E-state index in [1.807, 2.05) is 24.4 Å². The van der Waals surface area contributed by atoms with E-state index in [0.29, 0.717) is 0 Å². The van der Waals surface area contributed by atoms with Crippen LogP contribution in [-0.4, -0.2) is 29.9 Å². The molecule has 0 saturated carbocycles. The molecular weight excluding hydrogens is 228 g/mol. The van der Waals surface area contributed by atoms with Gasteiger partial charge in [-0.25, -0.2) is 19.9 Å². The smallest absolute Gasteiger partial charge is 0.177 e. The Hall–Kier alpha value is -2.76. The normalized spacial score (nSPS) is 10.2. The Bertz CT molecular complexity index is 631. The Balaban J connectivity index is 0.000000111. The first kappa shape index (κ1) is 10.4. The third-order valence-corrected chi connectivity index (χ3v) is 2.42. The van der Waals surface area contributed by atoms with Crippen molar-refractivity contribution in [3.63, 3.8) is 0 Å². The highest BCUT2D eigenvalue weighted by Crippen LogP contribution is 2.03. The van der Waals surface area contributed by atoms with Gasteiger partial charge in [0, 0.05) is 12.4 Å². The second-order valence-corrected chi connectivity index (χ2v) is 3.58. The Morgan fingerprint density at radius 2 is 1.94 bits per heavy atom. The lowest BCUT2D eigenvalue weighted by molar-refractivity contribution is 1.22. The van der Waals surface area contributed by atoms with E-state index in [0.717, 1.165) is 22.2 Å². The van der Waals surface area contributed by atoms with Gasteiger partial charge in [-0.1, -0.05) is 0 Å². The number of hydrogen-bond donors (Lipinski definition) is 2. The topological polar surface area (TPSA) is 83.1 Å². The lowest BCUT2D eigenvalue weighted by atomic mass is 10.4. The molecule has 0 aliphatic rings. The van der Waals surface area contributed by atoms with E-state index in [9.17, 15) is 0 Å². The highest BCUT2D eigenvalue weighted by atomic mass is 14.9. The maximum atomic E-state index is 4.00. The van der Waals surface area contributed by atoms with E-state index >= 15 is 0 Å². The highest BCUT2D eigenvalue weighted by molar-refractivity contribution is 5.72. The Morgan fingerprint density at radius 1 is 0.944 bits per heavy atom. The minimum Gasteiger partial charge on any atom is -0.359 e. The fraction of sp³-hybridized carbons (Fsp3) is 0. The molecule has 0 bridgehead atoms. The standard InChI is InChI=1S/2C6H5N3/c1-2-8-6-3-7-4-9-5(1)6;1-2-5-6(7-3-1)9-4-8-5/h1-4,8H;1-4H,(H,7,8,9). The molecule has 4 aromatic rings. The van der Waals surface area contributed by atoms with E-state index in [4.69, 9.17) is 0 Å². The number of hydrogen-bond acceptors (Lipinski definition) is 4. The molecule has 0 radical (unpaired) electrons. The van der Waals surface area contributed by atoms with Crippen molar-refractivity contribution in [3.05, 3.63) is 49.4 Å². The summed E-state index contributed by atoms with van der Waals surface area (Å²) in [6.07, 6.45) is 8.50. The summed E-state index contributed by atoms with van der Waals surface area (Å²) in [7, 11) is 0. The van der Waals surface area contributed by atoms with E-state index in [1.54, 1.807) is 18.7 Å². The van der Waals surface area contributed by atoms with Crippen LogP contribution in [0, 0.1) is 0 Å². The van der Waals surface area contributed by atoms with Gasteiger partial charge in [0.15, 0.2) is 5.65 Å². The zero-order valence-corrected chi connectivity index (χ0v) is 9.41. The van der Waals surface area contributed by atoms with Gasteiger partial charge in [-0.3, -0.25) is 0 Å². The summed E-state index contributed by atoms with van der Waals surface area (Å²) in [6, 6.07) is 5.73. The number of pyridine rings is 1. The van der Waals surface area contributed by atoms with Crippen LogP contribution in [0.15, 0.2) is 49.4 Å². The van der Waals surface area contributed by atoms with Gasteiger partial charge in [0.05, 0.1) is 29.1 Å². The number of fused-ring (bicyclic) bond motifs is 2. The predicted molar refractivity (Wildman–Crippen MR) is 67.8 cm³/mol. The molecule has 18 heavy (non-hydrogen) atoms. The summed E-state index contributed by atoms with van der Waals surface area (Å²) in [4.78, 5) is 21.7. The number of aromatic nitrogens is 6. The first-order chi connectivity index (χ1) is 8.93. The lowest BCUT2D eigenvalue weighted by Gasteiger charge is -1.82. The first-order valence-electron chi connectivity index (χ1n) is 5.41. The number of rotatable bonds is 0. The summed E-state index contributed by atoms with van der Waals surface area (Å²) >= 11 is 0. The van der Waals surface area contributed by atoms with E-state index < -0.39 is 0 Å². The molecule has 0 atom stereocenters. The molecule has 0 saturated heterocycles. The molecule has 2 N–H and O–H groups in total. The summed E-state index contributed by atoms with van der Waals surface area (Å²) in [5.74, 6) is 0. The largest absolute Gasteiger partial charge is 0.359 e. The van der Waals surface area contributed by atoms with Crippen LogP contribution in [0.1, 0.15) is 0 Å². The minimum atomic E-state index is 0.775. The molecule has 0 aliphatic carbocycles. The zero-order chi connectivity index (χ0) is 12.2. The zero-order valence-electron chi connectivity index (χ0n) is 9.41.